The Bertz CT molecular complexity index is 1460. The summed E-state index contributed by atoms with van der Waals surface area (Å²) in [6, 6.07) is 8.23. The molecule has 0 aliphatic heterocycles. The lowest BCUT2D eigenvalue weighted by Crippen LogP contribution is -2.15. The second-order valence-electron chi connectivity index (χ2n) is 6.80. The minimum Gasteiger partial charge on any atom is -0.328 e. The first kappa shape index (κ1) is 16.8. The zero-order valence-electron chi connectivity index (χ0n) is 14.3. The maximum Gasteiger partial charge on any atom is 0.271 e. The number of hydrogen-bond donors (Lipinski definition) is 1. The highest BCUT2D eigenvalue weighted by atomic mass is 32.1. The number of fused-ring (bicyclic) bond motifs is 2. The molecule has 2 heterocycles. The van der Waals surface area contributed by atoms with Gasteiger partial charge in [-0.05, 0) is 54.7 Å². The summed E-state index contributed by atoms with van der Waals surface area (Å²) in [5, 5.41) is 9.19. The van der Waals surface area contributed by atoms with E-state index in [1.54, 1.807) is 0 Å². The molecule has 0 bridgehead atoms. The van der Waals surface area contributed by atoms with Crippen LogP contribution in [0.25, 0.3) is 32.2 Å². The number of rotatable bonds is 2. The molecule has 1 saturated carbocycles. The van der Waals surface area contributed by atoms with E-state index in [0.717, 1.165) is 36.5 Å². The molecule has 2 aromatic carbocycles. The van der Waals surface area contributed by atoms with E-state index in [9.17, 15) is 18.4 Å². The number of aromatic nitrogens is 2. The van der Waals surface area contributed by atoms with Crippen molar-refractivity contribution in [1.29, 1.82) is 5.26 Å². The van der Waals surface area contributed by atoms with E-state index in [4.69, 9.17) is 5.26 Å². The third-order valence-corrected chi connectivity index (χ3v) is 5.90. The molecule has 1 aliphatic carbocycles. The summed E-state index contributed by atoms with van der Waals surface area (Å²) in [4.78, 5) is 25.4. The maximum atomic E-state index is 14.9. The van der Waals surface area contributed by atoms with Gasteiger partial charge in [-0.15, -0.1) is 0 Å². The van der Waals surface area contributed by atoms with Crippen molar-refractivity contribution >= 4 is 32.7 Å². The fraction of sp³-hybridized carbons (Fsp3) is 0.150. The van der Waals surface area contributed by atoms with Gasteiger partial charge in [0.2, 0.25) is 5.43 Å². The van der Waals surface area contributed by atoms with Crippen molar-refractivity contribution in [2.45, 2.75) is 18.9 Å². The van der Waals surface area contributed by atoms with Gasteiger partial charge in [-0.3, -0.25) is 14.0 Å². The molecule has 0 radical (unpaired) electrons. The monoisotopic (exact) mass is 395 g/mol. The first-order valence-electron chi connectivity index (χ1n) is 8.58. The van der Waals surface area contributed by atoms with E-state index >= 15 is 0 Å². The lowest BCUT2D eigenvalue weighted by atomic mass is 9.99. The molecule has 1 aliphatic rings. The Morgan fingerprint density at radius 3 is 2.57 bits per heavy atom. The molecule has 5 nitrogen and oxygen atoms in total. The zero-order valence-corrected chi connectivity index (χ0v) is 15.1. The number of benzene rings is 2. The van der Waals surface area contributed by atoms with Crippen LogP contribution in [0.2, 0.25) is 0 Å². The molecule has 4 aromatic rings. The van der Waals surface area contributed by atoms with Gasteiger partial charge in [-0.1, -0.05) is 0 Å². The van der Waals surface area contributed by atoms with Gasteiger partial charge in [0.25, 0.3) is 5.56 Å². The summed E-state index contributed by atoms with van der Waals surface area (Å²) in [6.07, 6.45) is 1.76. The Morgan fingerprint density at radius 1 is 1.11 bits per heavy atom. The molecule has 0 saturated heterocycles. The van der Waals surface area contributed by atoms with Crippen molar-refractivity contribution in [3.8, 4) is 17.2 Å². The van der Waals surface area contributed by atoms with Gasteiger partial charge in [-0.25, -0.2) is 8.78 Å². The first-order valence-corrected chi connectivity index (χ1v) is 9.40. The predicted octanol–water partition coefficient (Wildman–Crippen LogP) is 4.06. The number of nitrogens with zero attached hydrogens (tertiary/aromatic N) is 2. The number of halogens is 2. The summed E-state index contributed by atoms with van der Waals surface area (Å²) in [6.45, 7) is 0. The van der Waals surface area contributed by atoms with Crippen LogP contribution in [0.15, 0.2) is 39.9 Å². The standard InChI is InChI=1S/C20H11F2N3O2S/c21-14-4-1-9(8-23)5-11(14)12-7-16-13(6-15(12)22)18(26)17-19(27)24-28-20(17)25(16)10-2-3-10/h1,4-7,10H,2-3H2,(H,24,27). The zero-order chi connectivity index (χ0) is 19.6. The van der Waals surface area contributed by atoms with E-state index < -0.39 is 22.6 Å². The molecular formula is C20H11F2N3O2S. The van der Waals surface area contributed by atoms with Gasteiger partial charge in [0.05, 0.1) is 17.1 Å². The third kappa shape index (κ3) is 2.33. The number of nitriles is 1. The van der Waals surface area contributed by atoms with Crippen molar-refractivity contribution in [2.24, 2.45) is 0 Å². The molecule has 1 N–H and O–H groups in total. The van der Waals surface area contributed by atoms with Crippen molar-refractivity contribution in [3.05, 3.63) is 68.1 Å². The molecule has 5 rings (SSSR count). The second-order valence-corrected chi connectivity index (χ2v) is 7.59. The van der Waals surface area contributed by atoms with E-state index in [2.05, 4.69) is 4.37 Å². The first-order chi connectivity index (χ1) is 13.5. The summed E-state index contributed by atoms with van der Waals surface area (Å²) in [5.74, 6) is -1.45. The number of nitrogens with one attached hydrogen (secondary N) is 1. The molecule has 0 spiro atoms. The Morgan fingerprint density at radius 2 is 1.86 bits per heavy atom. The minimum absolute atomic E-state index is 0.0224. The maximum absolute atomic E-state index is 14.9. The molecule has 8 heteroatoms. The highest BCUT2D eigenvalue weighted by Gasteiger charge is 2.29. The number of H-pyrrole nitrogens is 1. The normalized spacial score (nSPS) is 13.9. The highest BCUT2D eigenvalue weighted by molar-refractivity contribution is 7.12. The SMILES string of the molecule is N#Cc1ccc(F)c(-c2cc3c(cc2F)c(=O)c2c(=O)[nH]sc2n3C2CC2)c1. The van der Waals surface area contributed by atoms with Crippen molar-refractivity contribution in [2.75, 3.05) is 0 Å². The average molecular weight is 395 g/mol. The molecule has 2 aromatic heterocycles. The average Bonchev–Trinajstić information content (AvgIpc) is 3.45. The summed E-state index contributed by atoms with van der Waals surface area (Å²) in [7, 11) is 0. The van der Waals surface area contributed by atoms with E-state index in [0.29, 0.717) is 10.3 Å². The molecule has 1 fully saturated rings. The Kier molecular flexibility index (Phi) is 3.51. The van der Waals surface area contributed by atoms with Crippen LogP contribution < -0.4 is 11.0 Å². The lowest BCUT2D eigenvalue weighted by Gasteiger charge is -2.14. The summed E-state index contributed by atoms with van der Waals surface area (Å²) >= 11 is 1.07. The van der Waals surface area contributed by atoms with Gasteiger partial charge >= 0.3 is 0 Å². The van der Waals surface area contributed by atoms with Gasteiger partial charge < -0.3 is 4.57 Å². The van der Waals surface area contributed by atoms with Crippen LogP contribution in [0.1, 0.15) is 24.4 Å². The Labute approximate surface area is 160 Å². The molecule has 0 amide bonds. The number of pyridine rings is 1. The fourth-order valence-electron chi connectivity index (χ4n) is 3.55. The molecular weight excluding hydrogens is 384 g/mol. The predicted molar refractivity (Wildman–Crippen MR) is 103 cm³/mol. The lowest BCUT2D eigenvalue weighted by molar-refractivity contribution is 0.617. The molecule has 0 unspecified atom stereocenters. The largest absolute Gasteiger partial charge is 0.328 e. The van der Waals surface area contributed by atoms with Crippen LogP contribution in [-0.4, -0.2) is 8.94 Å². The van der Waals surface area contributed by atoms with Crippen LogP contribution in [0.5, 0.6) is 0 Å². The van der Waals surface area contributed by atoms with Gasteiger partial charge in [0.15, 0.2) is 0 Å². The topological polar surface area (TPSA) is 78.7 Å². The summed E-state index contributed by atoms with van der Waals surface area (Å²) in [5.41, 5.74) is -0.448. The van der Waals surface area contributed by atoms with Crippen LogP contribution in [-0.2, 0) is 0 Å². The number of hydrogen-bond acceptors (Lipinski definition) is 4. The van der Waals surface area contributed by atoms with Crippen molar-refractivity contribution in [1.82, 2.24) is 8.94 Å². The van der Waals surface area contributed by atoms with Crippen molar-refractivity contribution in [3.63, 3.8) is 0 Å². The van der Waals surface area contributed by atoms with Gasteiger partial charge in [-0.2, -0.15) is 5.26 Å². The quantitative estimate of drug-likeness (QED) is 0.556. The minimum atomic E-state index is -0.785. The van der Waals surface area contributed by atoms with E-state index in [1.165, 1.54) is 18.2 Å². The molecule has 138 valence electrons. The fourth-order valence-corrected chi connectivity index (χ4v) is 4.48. The number of aromatic amines is 1. The van der Waals surface area contributed by atoms with Crippen molar-refractivity contribution < 1.29 is 8.78 Å². The van der Waals surface area contributed by atoms with E-state index in [-0.39, 0.29) is 33.5 Å². The van der Waals surface area contributed by atoms with Crippen LogP contribution in [0.4, 0.5) is 8.78 Å². The van der Waals surface area contributed by atoms with Crippen LogP contribution in [0, 0.1) is 23.0 Å². The van der Waals surface area contributed by atoms with Crippen LogP contribution in [0.3, 0.4) is 0 Å². The Hall–Kier alpha value is -3.31. The van der Waals surface area contributed by atoms with Gasteiger partial charge in [0.1, 0.15) is 21.9 Å². The third-order valence-electron chi connectivity index (χ3n) is 5.01. The van der Waals surface area contributed by atoms with Gasteiger partial charge in [0, 0.05) is 22.6 Å². The van der Waals surface area contributed by atoms with E-state index in [1.807, 2.05) is 10.6 Å². The summed E-state index contributed by atoms with van der Waals surface area (Å²) < 4.78 is 33.7. The highest BCUT2D eigenvalue weighted by Crippen LogP contribution is 2.41. The Balaban J connectivity index is 1.93. The second kappa shape index (κ2) is 5.84. The smallest absolute Gasteiger partial charge is 0.271 e. The van der Waals surface area contributed by atoms with Crippen LogP contribution >= 0.6 is 11.5 Å². The molecule has 0 atom stereocenters. The molecule has 28 heavy (non-hydrogen) atoms.